The van der Waals surface area contributed by atoms with Crippen LogP contribution in [0.4, 0.5) is 0 Å². The van der Waals surface area contributed by atoms with Crippen LogP contribution in [0.15, 0.2) is 12.8 Å². The molecule has 58 valence electrons. The first kappa shape index (κ1) is 7.61. The van der Waals surface area contributed by atoms with E-state index >= 15 is 0 Å². The van der Waals surface area contributed by atoms with Crippen molar-refractivity contribution < 1.29 is 5.11 Å². The molecule has 0 saturated heterocycles. The van der Waals surface area contributed by atoms with Gasteiger partial charge in [0.2, 0.25) is 0 Å². The third-order valence-corrected chi connectivity index (χ3v) is 2.05. The molecule has 0 aromatic heterocycles. The Labute approximate surface area is 61.9 Å². The van der Waals surface area contributed by atoms with E-state index in [1.807, 2.05) is 0 Å². The van der Waals surface area contributed by atoms with Gasteiger partial charge in [-0.15, -0.1) is 0 Å². The van der Waals surface area contributed by atoms with Crippen molar-refractivity contribution in [2.24, 2.45) is 0 Å². The van der Waals surface area contributed by atoms with Crippen LogP contribution in [-0.2, 0) is 0 Å². The highest BCUT2D eigenvalue weighted by Gasteiger charge is 2.26. The van der Waals surface area contributed by atoms with Gasteiger partial charge in [-0.25, -0.2) is 0 Å². The fraction of sp³-hybridized carbons (Fsp3) is 0.750. The predicted octanol–water partition coefficient (Wildman–Crippen LogP) is 1.37. The summed E-state index contributed by atoms with van der Waals surface area (Å²) in [5.41, 5.74) is -0.639. The van der Waals surface area contributed by atoms with E-state index in [0.717, 1.165) is 25.7 Å². The van der Waals surface area contributed by atoms with Gasteiger partial charge in [0, 0.05) is 0 Å². The lowest BCUT2D eigenvalue weighted by Gasteiger charge is -2.32. The number of hydrogen-bond donors (Lipinski definition) is 2. The lowest BCUT2D eigenvalue weighted by atomic mass is 9.92. The summed E-state index contributed by atoms with van der Waals surface area (Å²) >= 11 is 0. The Hall–Kier alpha value is -0.500. The van der Waals surface area contributed by atoms with Crippen molar-refractivity contribution in [3.8, 4) is 0 Å². The molecule has 0 aromatic rings. The van der Waals surface area contributed by atoms with Crippen molar-refractivity contribution in [3.63, 3.8) is 0 Å². The third kappa shape index (κ3) is 1.74. The van der Waals surface area contributed by atoms with Gasteiger partial charge in [0.15, 0.2) is 0 Å². The Bertz CT molecular complexity index is 116. The zero-order chi connectivity index (χ0) is 7.45. The minimum atomic E-state index is -0.639. The van der Waals surface area contributed by atoms with Gasteiger partial charge in [0.25, 0.3) is 0 Å². The maximum Gasteiger partial charge on any atom is 0.135 e. The van der Waals surface area contributed by atoms with Crippen LogP contribution in [0.1, 0.15) is 32.1 Å². The predicted molar refractivity (Wildman–Crippen MR) is 41.4 cm³/mol. The van der Waals surface area contributed by atoms with E-state index in [0.29, 0.717) is 0 Å². The van der Waals surface area contributed by atoms with E-state index < -0.39 is 5.72 Å². The van der Waals surface area contributed by atoms with E-state index in [1.165, 1.54) is 6.42 Å². The third-order valence-electron chi connectivity index (χ3n) is 2.05. The maximum absolute atomic E-state index is 9.69. The first-order chi connectivity index (χ1) is 4.77. The van der Waals surface area contributed by atoms with Crippen LogP contribution in [0.5, 0.6) is 0 Å². The highest BCUT2D eigenvalue weighted by molar-refractivity contribution is 4.83. The molecule has 2 N–H and O–H groups in total. The van der Waals surface area contributed by atoms with Gasteiger partial charge in [0.05, 0.1) is 0 Å². The smallest absolute Gasteiger partial charge is 0.135 e. The van der Waals surface area contributed by atoms with Gasteiger partial charge < -0.3 is 10.4 Å². The molecule has 0 spiro atoms. The van der Waals surface area contributed by atoms with Gasteiger partial charge in [0.1, 0.15) is 5.72 Å². The SMILES string of the molecule is C=CNC1(O)CCCCC1. The first-order valence-electron chi connectivity index (χ1n) is 3.88. The monoisotopic (exact) mass is 141 g/mol. The largest absolute Gasteiger partial charge is 0.371 e. The quantitative estimate of drug-likeness (QED) is 0.569. The Kier molecular flexibility index (Phi) is 2.33. The molecule has 0 amide bonds. The van der Waals surface area contributed by atoms with Crippen molar-refractivity contribution in [3.05, 3.63) is 12.8 Å². The second-order valence-corrected chi connectivity index (χ2v) is 2.94. The van der Waals surface area contributed by atoms with Crippen molar-refractivity contribution in [1.82, 2.24) is 5.32 Å². The highest BCUT2D eigenvalue weighted by atomic mass is 16.3. The number of hydrogen-bond acceptors (Lipinski definition) is 2. The molecular weight excluding hydrogens is 126 g/mol. The van der Waals surface area contributed by atoms with E-state index in [2.05, 4.69) is 11.9 Å². The zero-order valence-electron chi connectivity index (χ0n) is 6.27. The molecule has 0 radical (unpaired) electrons. The average molecular weight is 141 g/mol. The summed E-state index contributed by atoms with van der Waals surface area (Å²) in [4.78, 5) is 0. The van der Waals surface area contributed by atoms with Gasteiger partial charge >= 0.3 is 0 Å². The summed E-state index contributed by atoms with van der Waals surface area (Å²) in [5, 5.41) is 12.6. The highest BCUT2D eigenvalue weighted by Crippen LogP contribution is 2.25. The normalized spacial score (nSPS) is 23.7. The molecule has 0 bridgehead atoms. The molecule has 1 rings (SSSR count). The summed E-state index contributed by atoms with van der Waals surface area (Å²) in [6.45, 7) is 3.53. The second-order valence-electron chi connectivity index (χ2n) is 2.94. The minimum absolute atomic E-state index is 0.639. The summed E-state index contributed by atoms with van der Waals surface area (Å²) in [7, 11) is 0. The summed E-state index contributed by atoms with van der Waals surface area (Å²) in [5.74, 6) is 0. The van der Waals surface area contributed by atoms with Crippen molar-refractivity contribution >= 4 is 0 Å². The maximum atomic E-state index is 9.69. The van der Waals surface area contributed by atoms with Crippen molar-refractivity contribution in [2.75, 3.05) is 0 Å². The fourth-order valence-electron chi connectivity index (χ4n) is 1.47. The standard InChI is InChI=1S/C8H15NO/c1-2-9-8(10)6-4-3-5-7-8/h2,9-10H,1,3-7H2. The van der Waals surface area contributed by atoms with Gasteiger partial charge in [-0.05, 0) is 31.9 Å². The molecule has 10 heavy (non-hydrogen) atoms. The van der Waals surface area contributed by atoms with Gasteiger partial charge in [-0.1, -0.05) is 13.0 Å². The Balaban J connectivity index is 2.39. The van der Waals surface area contributed by atoms with Crippen LogP contribution < -0.4 is 5.32 Å². The fourth-order valence-corrected chi connectivity index (χ4v) is 1.47. The van der Waals surface area contributed by atoms with Crippen LogP contribution in [0.2, 0.25) is 0 Å². The average Bonchev–Trinajstić information content (AvgIpc) is 1.89. The second kappa shape index (κ2) is 3.06. The Morgan fingerprint density at radius 2 is 1.90 bits per heavy atom. The number of rotatable bonds is 2. The topological polar surface area (TPSA) is 32.3 Å². The van der Waals surface area contributed by atoms with Gasteiger partial charge in [-0.3, -0.25) is 0 Å². The van der Waals surface area contributed by atoms with E-state index in [9.17, 15) is 5.11 Å². The van der Waals surface area contributed by atoms with E-state index in [1.54, 1.807) is 6.20 Å². The first-order valence-corrected chi connectivity index (χ1v) is 3.88. The Morgan fingerprint density at radius 3 is 2.40 bits per heavy atom. The molecule has 2 heteroatoms. The van der Waals surface area contributed by atoms with Crippen molar-refractivity contribution in [1.29, 1.82) is 0 Å². The number of aliphatic hydroxyl groups is 1. The molecule has 0 heterocycles. The molecule has 1 aliphatic rings. The molecule has 1 aliphatic carbocycles. The molecule has 0 aromatic carbocycles. The molecule has 0 unspecified atom stereocenters. The molecular formula is C8H15NO. The van der Waals surface area contributed by atoms with E-state index in [-0.39, 0.29) is 0 Å². The molecule has 0 aliphatic heterocycles. The zero-order valence-corrected chi connectivity index (χ0v) is 6.27. The van der Waals surface area contributed by atoms with Crippen LogP contribution in [0, 0.1) is 0 Å². The van der Waals surface area contributed by atoms with Gasteiger partial charge in [-0.2, -0.15) is 0 Å². The lowest BCUT2D eigenvalue weighted by Crippen LogP contribution is -2.43. The van der Waals surface area contributed by atoms with Crippen LogP contribution in [0.25, 0.3) is 0 Å². The molecule has 1 fully saturated rings. The molecule has 0 atom stereocenters. The summed E-state index contributed by atoms with van der Waals surface area (Å²) < 4.78 is 0. The van der Waals surface area contributed by atoms with Crippen LogP contribution in [0.3, 0.4) is 0 Å². The van der Waals surface area contributed by atoms with Crippen LogP contribution >= 0.6 is 0 Å². The molecule has 2 nitrogen and oxygen atoms in total. The Morgan fingerprint density at radius 1 is 1.30 bits per heavy atom. The summed E-state index contributed by atoms with van der Waals surface area (Å²) in [6.07, 6.45) is 6.79. The van der Waals surface area contributed by atoms with Crippen LogP contribution in [-0.4, -0.2) is 10.8 Å². The number of nitrogens with one attached hydrogen (secondary N) is 1. The molecule has 1 saturated carbocycles. The minimum Gasteiger partial charge on any atom is -0.371 e. The lowest BCUT2D eigenvalue weighted by molar-refractivity contribution is -0.0155. The van der Waals surface area contributed by atoms with E-state index in [4.69, 9.17) is 0 Å². The van der Waals surface area contributed by atoms with Crippen molar-refractivity contribution in [2.45, 2.75) is 37.8 Å². The summed E-state index contributed by atoms with van der Waals surface area (Å²) in [6, 6.07) is 0.